The van der Waals surface area contributed by atoms with Crippen LogP contribution >= 0.6 is 28.3 Å². The van der Waals surface area contributed by atoms with Crippen LogP contribution in [0.5, 0.6) is 0 Å². The Hall–Kier alpha value is -1.11. The largest absolute Gasteiger partial charge is 0.352 e. The zero-order valence-electron chi connectivity index (χ0n) is 13.3. The van der Waals surface area contributed by atoms with Gasteiger partial charge in [0.2, 0.25) is 11.8 Å². The van der Waals surface area contributed by atoms with Gasteiger partial charge in [-0.05, 0) is 37.5 Å². The van der Waals surface area contributed by atoms with Crippen molar-refractivity contribution < 1.29 is 9.59 Å². The molecule has 7 heteroatoms. The van der Waals surface area contributed by atoms with Crippen LogP contribution in [0.2, 0.25) is 0 Å². The number of benzene rings is 1. The first-order chi connectivity index (χ1) is 10.3. The number of carbonyl (C=O) groups excluding carboxylic acids is 2. The van der Waals surface area contributed by atoms with Gasteiger partial charge in [-0.1, -0.05) is 28.1 Å². The molecule has 1 aliphatic rings. The van der Waals surface area contributed by atoms with Crippen LogP contribution in [-0.4, -0.2) is 35.8 Å². The molecule has 1 saturated heterocycles. The molecule has 23 heavy (non-hydrogen) atoms. The lowest BCUT2D eigenvalue weighted by atomic mass is 9.90. The van der Waals surface area contributed by atoms with Crippen molar-refractivity contribution in [3.05, 3.63) is 34.3 Å². The monoisotopic (exact) mass is 403 g/mol. The summed E-state index contributed by atoms with van der Waals surface area (Å²) in [6.45, 7) is 4.43. The average molecular weight is 405 g/mol. The highest BCUT2D eigenvalue weighted by Crippen LogP contribution is 2.24. The van der Waals surface area contributed by atoms with Crippen LogP contribution in [0.1, 0.15) is 32.3 Å². The third-order valence-corrected chi connectivity index (χ3v) is 4.53. The van der Waals surface area contributed by atoms with E-state index in [2.05, 4.69) is 21.2 Å². The Labute approximate surface area is 151 Å². The molecular weight excluding hydrogens is 382 g/mol. The van der Waals surface area contributed by atoms with Gasteiger partial charge in [-0.2, -0.15) is 0 Å². The van der Waals surface area contributed by atoms with Crippen LogP contribution < -0.4 is 11.1 Å². The Balaban J connectivity index is 0.00000264. The number of piperidine rings is 1. The van der Waals surface area contributed by atoms with Crippen LogP contribution in [0.3, 0.4) is 0 Å². The Morgan fingerprint density at radius 2 is 1.96 bits per heavy atom. The third kappa shape index (κ3) is 4.93. The van der Waals surface area contributed by atoms with E-state index in [1.807, 2.05) is 24.3 Å². The van der Waals surface area contributed by atoms with Gasteiger partial charge in [-0.3, -0.25) is 9.59 Å². The van der Waals surface area contributed by atoms with Crippen molar-refractivity contribution >= 4 is 40.2 Å². The summed E-state index contributed by atoms with van der Waals surface area (Å²) in [6.07, 6.45) is 1.76. The smallest absolute Gasteiger partial charge is 0.247 e. The predicted octanol–water partition coefficient (Wildman–Crippen LogP) is 2.17. The van der Waals surface area contributed by atoms with E-state index in [0.29, 0.717) is 13.1 Å². The van der Waals surface area contributed by atoms with E-state index in [1.54, 1.807) is 11.8 Å². The lowest BCUT2D eigenvalue weighted by molar-refractivity contribution is -0.138. The molecule has 128 valence electrons. The first-order valence-corrected chi connectivity index (χ1v) is 8.21. The van der Waals surface area contributed by atoms with Crippen LogP contribution in [0.4, 0.5) is 0 Å². The third-order valence-electron chi connectivity index (χ3n) is 4.00. The van der Waals surface area contributed by atoms with Crippen molar-refractivity contribution in [2.75, 3.05) is 13.1 Å². The second-order valence-electron chi connectivity index (χ2n) is 6.00. The molecule has 0 aliphatic carbocycles. The maximum atomic E-state index is 12.8. The van der Waals surface area contributed by atoms with E-state index in [4.69, 9.17) is 5.73 Å². The Morgan fingerprint density at radius 3 is 2.52 bits per heavy atom. The average Bonchev–Trinajstić information content (AvgIpc) is 2.46. The highest BCUT2D eigenvalue weighted by atomic mass is 79.9. The van der Waals surface area contributed by atoms with E-state index in [-0.39, 0.29) is 30.3 Å². The first-order valence-electron chi connectivity index (χ1n) is 7.42. The molecule has 0 spiro atoms. The molecule has 3 N–H and O–H groups in total. The molecule has 2 rings (SSSR count). The van der Waals surface area contributed by atoms with Gasteiger partial charge in [0.05, 0.1) is 0 Å². The first kappa shape index (κ1) is 19.9. The van der Waals surface area contributed by atoms with Gasteiger partial charge in [0.25, 0.3) is 0 Å². The summed E-state index contributed by atoms with van der Waals surface area (Å²) in [7, 11) is 0. The minimum atomic E-state index is -1.07. The second-order valence-corrected chi connectivity index (χ2v) is 6.92. The molecule has 0 bridgehead atoms. The highest BCUT2D eigenvalue weighted by Gasteiger charge is 2.36. The number of nitrogens with one attached hydrogen (secondary N) is 1. The number of carbonyl (C=O) groups is 2. The van der Waals surface area contributed by atoms with E-state index < -0.39 is 5.54 Å². The maximum Gasteiger partial charge on any atom is 0.247 e. The molecule has 1 heterocycles. The van der Waals surface area contributed by atoms with Crippen LogP contribution in [0.15, 0.2) is 28.7 Å². The summed E-state index contributed by atoms with van der Waals surface area (Å²) in [5.41, 5.74) is 6.02. The standard InChI is InChI=1S/C16H22BrN3O2.ClH/c1-11(21)19-14-4-3-9-20(10-14)15(22)16(2,18)12-5-7-13(17)8-6-12;/h5-8,14H,3-4,9-10,18H2,1-2H3,(H,19,21);1H. The predicted molar refractivity (Wildman–Crippen MR) is 96.3 cm³/mol. The van der Waals surface area contributed by atoms with E-state index in [1.165, 1.54) is 6.92 Å². The summed E-state index contributed by atoms with van der Waals surface area (Å²) in [4.78, 5) is 25.8. The summed E-state index contributed by atoms with van der Waals surface area (Å²) in [5, 5.41) is 2.89. The Kier molecular flexibility index (Phi) is 7.04. The summed E-state index contributed by atoms with van der Waals surface area (Å²) in [5.74, 6) is -0.174. The zero-order valence-corrected chi connectivity index (χ0v) is 15.7. The number of nitrogens with two attached hydrogens (primary N) is 1. The SMILES string of the molecule is CC(=O)NC1CCCN(C(=O)C(C)(N)c2ccc(Br)cc2)C1.Cl. The van der Waals surface area contributed by atoms with Gasteiger partial charge >= 0.3 is 0 Å². The Bertz CT molecular complexity index is 563. The molecule has 1 aromatic rings. The zero-order chi connectivity index (χ0) is 16.3. The topological polar surface area (TPSA) is 75.4 Å². The second kappa shape index (κ2) is 8.13. The number of nitrogens with zero attached hydrogens (tertiary/aromatic N) is 1. The van der Waals surface area contributed by atoms with Gasteiger partial charge < -0.3 is 16.0 Å². The number of amides is 2. The lowest BCUT2D eigenvalue weighted by Gasteiger charge is -2.37. The molecule has 2 unspecified atom stereocenters. The molecule has 1 aromatic carbocycles. The summed E-state index contributed by atoms with van der Waals surface area (Å²) >= 11 is 3.38. The van der Waals surface area contributed by atoms with Crippen molar-refractivity contribution in [3.63, 3.8) is 0 Å². The molecule has 1 aliphatic heterocycles. The minimum absolute atomic E-state index is 0. The van der Waals surface area contributed by atoms with Crippen LogP contribution in [0.25, 0.3) is 0 Å². The van der Waals surface area contributed by atoms with E-state index in [9.17, 15) is 9.59 Å². The number of rotatable bonds is 3. The quantitative estimate of drug-likeness (QED) is 0.811. The number of halogens is 2. The fourth-order valence-corrected chi connectivity index (χ4v) is 3.08. The molecule has 5 nitrogen and oxygen atoms in total. The normalized spacial score (nSPS) is 20.2. The van der Waals surface area contributed by atoms with E-state index in [0.717, 1.165) is 22.9 Å². The molecule has 2 atom stereocenters. The van der Waals surface area contributed by atoms with Crippen molar-refractivity contribution in [2.45, 2.75) is 38.3 Å². The fourth-order valence-electron chi connectivity index (χ4n) is 2.81. The van der Waals surface area contributed by atoms with Crippen molar-refractivity contribution in [1.29, 1.82) is 0 Å². The Morgan fingerprint density at radius 1 is 1.35 bits per heavy atom. The van der Waals surface area contributed by atoms with Crippen molar-refractivity contribution in [2.24, 2.45) is 5.73 Å². The molecule has 0 aromatic heterocycles. The van der Waals surface area contributed by atoms with Gasteiger partial charge in [0, 0.05) is 30.5 Å². The van der Waals surface area contributed by atoms with Gasteiger partial charge in [0.1, 0.15) is 5.54 Å². The van der Waals surface area contributed by atoms with Crippen LogP contribution in [0, 0.1) is 0 Å². The fraction of sp³-hybridized carbons (Fsp3) is 0.500. The molecule has 1 fully saturated rings. The van der Waals surface area contributed by atoms with Gasteiger partial charge in [-0.25, -0.2) is 0 Å². The highest BCUT2D eigenvalue weighted by molar-refractivity contribution is 9.10. The minimum Gasteiger partial charge on any atom is -0.352 e. The number of hydrogen-bond acceptors (Lipinski definition) is 3. The summed E-state index contributed by atoms with van der Waals surface area (Å²) < 4.78 is 0.947. The van der Waals surface area contributed by atoms with Crippen molar-refractivity contribution in [3.8, 4) is 0 Å². The maximum absolute atomic E-state index is 12.8. The van der Waals surface area contributed by atoms with Gasteiger partial charge in [-0.15, -0.1) is 12.4 Å². The van der Waals surface area contributed by atoms with Crippen molar-refractivity contribution in [1.82, 2.24) is 10.2 Å². The molecule has 2 amide bonds. The number of likely N-dealkylation sites (tertiary alicyclic amines) is 1. The van der Waals surface area contributed by atoms with Gasteiger partial charge in [0.15, 0.2) is 0 Å². The molecule has 0 saturated carbocycles. The van der Waals surface area contributed by atoms with E-state index >= 15 is 0 Å². The molecule has 0 radical (unpaired) electrons. The summed E-state index contributed by atoms with van der Waals surface area (Å²) in [6, 6.07) is 7.48. The molecular formula is C16H23BrClN3O2. The number of hydrogen-bond donors (Lipinski definition) is 2. The lowest BCUT2D eigenvalue weighted by Crippen LogP contribution is -2.56. The van der Waals surface area contributed by atoms with Crippen LogP contribution in [-0.2, 0) is 15.1 Å².